The molecule has 144 valence electrons. The number of hydrogen-bond donors (Lipinski definition) is 0. The summed E-state index contributed by atoms with van der Waals surface area (Å²) in [6.07, 6.45) is -0.378. The first kappa shape index (κ1) is 18.8. The van der Waals surface area contributed by atoms with Crippen molar-refractivity contribution in [3.63, 3.8) is 0 Å². The van der Waals surface area contributed by atoms with Crippen molar-refractivity contribution in [2.24, 2.45) is 0 Å². The summed E-state index contributed by atoms with van der Waals surface area (Å²) >= 11 is 0. The lowest BCUT2D eigenvalue weighted by Gasteiger charge is -2.33. The third kappa shape index (κ3) is 4.05. The minimum Gasteiger partial charge on any atom is -0.450 e. The van der Waals surface area contributed by atoms with Crippen LogP contribution in [0.25, 0.3) is 11.0 Å². The molecule has 3 rings (SSSR count). The highest BCUT2D eigenvalue weighted by molar-refractivity contribution is 5.96. The predicted molar refractivity (Wildman–Crippen MR) is 96.4 cm³/mol. The van der Waals surface area contributed by atoms with Gasteiger partial charge in [-0.25, -0.2) is 9.59 Å². The molecule has 0 spiro atoms. The molecule has 1 aliphatic heterocycles. The van der Waals surface area contributed by atoms with Gasteiger partial charge in [0.15, 0.2) is 6.61 Å². The number of ether oxygens (including phenoxy) is 2. The molecule has 0 bridgehead atoms. The first-order chi connectivity index (χ1) is 13.0. The highest BCUT2D eigenvalue weighted by atomic mass is 16.6. The minimum atomic E-state index is -0.665. The van der Waals surface area contributed by atoms with E-state index < -0.39 is 5.97 Å². The Morgan fingerprint density at radius 1 is 1.04 bits per heavy atom. The predicted octanol–water partition coefficient (Wildman–Crippen LogP) is 2.20. The zero-order chi connectivity index (χ0) is 19.4. The fourth-order valence-corrected chi connectivity index (χ4v) is 3.01. The molecule has 0 unspecified atom stereocenters. The number of aryl methyl sites for hydroxylation is 1. The Bertz CT molecular complexity index is 851. The van der Waals surface area contributed by atoms with E-state index in [-0.39, 0.29) is 24.4 Å². The van der Waals surface area contributed by atoms with E-state index in [2.05, 4.69) is 0 Å². The van der Waals surface area contributed by atoms with Crippen molar-refractivity contribution in [1.82, 2.24) is 9.80 Å². The van der Waals surface area contributed by atoms with Gasteiger partial charge in [-0.2, -0.15) is 0 Å². The van der Waals surface area contributed by atoms with Gasteiger partial charge in [-0.15, -0.1) is 0 Å². The van der Waals surface area contributed by atoms with Gasteiger partial charge in [-0.05, 0) is 19.9 Å². The molecule has 8 heteroatoms. The van der Waals surface area contributed by atoms with Crippen molar-refractivity contribution >= 4 is 28.9 Å². The summed E-state index contributed by atoms with van der Waals surface area (Å²) in [5, 5.41) is 0.839. The van der Waals surface area contributed by atoms with Crippen LogP contribution in [0, 0.1) is 6.92 Å². The van der Waals surface area contributed by atoms with Gasteiger partial charge < -0.3 is 23.7 Å². The lowest BCUT2D eigenvalue weighted by molar-refractivity contribution is -0.136. The van der Waals surface area contributed by atoms with Gasteiger partial charge in [0.1, 0.15) is 5.58 Å². The van der Waals surface area contributed by atoms with E-state index in [0.29, 0.717) is 43.9 Å². The fraction of sp³-hybridized carbons (Fsp3) is 0.421. The molecular formula is C19H22N2O6. The molecule has 0 saturated carbocycles. The topological polar surface area (TPSA) is 89.3 Å². The lowest BCUT2D eigenvalue weighted by atomic mass is 10.1. The molecule has 1 fully saturated rings. The van der Waals surface area contributed by atoms with Crippen molar-refractivity contribution < 1.29 is 28.3 Å². The Morgan fingerprint density at radius 2 is 1.70 bits per heavy atom. The maximum Gasteiger partial charge on any atom is 0.409 e. The van der Waals surface area contributed by atoms with Crippen LogP contribution >= 0.6 is 0 Å². The van der Waals surface area contributed by atoms with E-state index in [0.717, 1.165) is 5.39 Å². The van der Waals surface area contributed by atoms with Gasteiger partial charge in [-0.1, -0.05) is 18.2 Å². The SMILES string of the molecule is CCOC(=O)N1CCN(C(=O)COC(=O)c2oc3ccccc3c2C)CC1. The van der Waals surface area contributed by atoms with E-state index in [1.54, 1.807) is 29.7 Å². The molecule has 1 saturated heterocycles. The Kier molecular flexibility index (Phi) is 5.63. The smallest absolute Gasteiger partial charge is 0.409 e. The number of carbonyl (C=O) groups is 3. The van der Waals surface area contributed by atoms with Crippen LogP contribution in [0.5, 0.6) is 0 Å². The fourth-order valence-electron chi connectivity index (χ4n) is 3.01. The third-order valence-electron chi connectivity index (χ3n) is 4.51. The number of para-hydroxylation sites is 1. The second-order valence-corrected chi connectivity index (χ2v) is 6.20. The first-order valence-corrected chi connectivity index (χ1v) is 8.86. The molecule has 0 N–H and O–H groups in total. The number of fused-ring (bicyclic) bond motifs is 1. The van der Waals surface area contributed by atoms with Gasteiger partial charge in [0.2, 0.25) is 5.76 Å². The molecule has 0 aliphatic carbocycles. The average Bonchev–Trinajstić information content (AvgIpc) is 3.03. The summed E-state index contributed by atoms with van der Waals surface area (Å²) in [6, 6.07) is 7.31. The molecule has 0 radical (unpaired) electrons. The number of piperazine rings is 1. The Balaban J connectivity index is 1.52. The highest BCUT2D eigenvalue weighted by Crippen LogP contribution is 2.25. The van der Waals surface area contributed by atoms with E-state index in [4.69, 9.17) is 13.9 Å². The Morgan fingerprint density at radius 3 is 2.37 bits per heavy atom. The maximum absolute atomic E-state index is 12.3. The zero-order valence-corrected chi connectivity index (χ0v) is 15.4. The number of benzene rings is 1. The van der Waals surface area contributed by atoms with E-state index >= 15 is 0 Å². The minimum absolute atomic E-state index is 0.108. The van der Waals surface area contributed by atoms with Crippen LogP contribution in [-0.4, -0.2) is 67.2 Å². The quantitative estimate of drug-likeness (QED) is 0.762. The number of esters is 1. The molecule has 1 aromatic heterocycles. The van der Waals surface area contributed by atoms with Gasteiger partial charge in [0.05, 0.1) is 6.61 Å². The molecule has 0 atom stereocenters. The summed E-state index contributed by atoms with van der Waals surface area (Å²) in [6.45, 7) is 5.00. The molecule has 1 aliphatic rings. The zero-order valence-electron chi connectivity index (χ0n) is 15.4. The van der Waals surface area contributed by atoms with E-state index in [1.807, 2.05) is 18.2 Å². The number of furan rings is 1. The average molecular weight is 374 g/mol. The molecule has 2 heterocycles. The van der Waals surface area contributed by atoms with Crippen LogP contribution in [-0.2, 0) is 14.3 Å². The Labute approximate surface area is 156 Å². The Hall–Kier alpha value is -3.03. The van der Waals surface area contributed by atoms with Gasteiger partial charge >= 0.3 is 12.1 Å². The number of amides is 2. The maximum atomic E-state index is 12.3. The molecule has 2 amide bonds. The van der Waals surface area contributed by atoms with Crippen molar-refractivity contribution in [3.05, 3.63) is 35.6 Å². The van der Waals surface area contributed by atoms with Crippen LogP contribution in [0.1, 0.15) is 23.0 Å². The molecule has 8 nitrogen and oxygen atoms in total. The number of rotatable bonds is 4. The largest absolute Gasteiger partial charge is 0.450 e. The monoisotopic (exact) mass is 374 g/mol. The van der Waals surface area contributed by atoms with E-state index in [1.165, 1.54) is 0 Å². The van der Waals surface area contributed by atoms with Crippen LogP contribution in [0.2, 0.25) is 0 Å². The standard InChI is InChI=1S/C19H22N2O6/c1-3-25-19(24)21-10-8-20(9-11-21)16(22)12-26-18(23)17-13(2)14-6-4-5-7-15(14)27-17/h4-7H,3,8-12H2,1-2H3. The second-order valence-electron chi connectivity index (χ2n) is 6.20. The highest BCUT2D eigenvalue weighted by Gasteiger charge is 2.26. The van der Waals surface area contributed by atoms with Crippen LogP contribution < -0.4 is 0 Å². The number of carbonyl (C=O) groups excluding carboxylic acids is 3. The first-order valence-electron chi connectivity index (χ1n) is 8.86. The van der Waals surface area contributed by atoms with Crippen LogP contribution in [0.15, 0.2) is 28.7 Å². The van der Waals surface area contributed by atoms with Gasteiger partial charge in [0, 0.05) is 37.1 Å². The van der Waals surface area contributed by atoms with Crippen molar-refractivity contribution in [2.45, 2.75) is 13.8 Å². The summed E-state index contributed by atoms with van der Waals surface area (Å²) in [7, 11) is 0. The van der Waals surface area contributed by atoms with Crippen LogP contribution in [0.3, 0.4) is 0 Å². The molecular weight excluding hydrogens is 352 g/mol. The molecule has 27 heavy (non-hydrogen) atoms. The summed E-state index contributed by atoms with van der Waals surface area (Å²) in [5.74, 6) is -0.862. The van der Waals surface area contributed by atoms with Gasteiger partial charge in [-0.3, -0.25) is 4.79 Å². The molecule has 2 aromatic rings. The third-order valence-corrected chi connectivity index (χ3v) is 4.51. The van der Waals surface area contributed by atoms with E-state index in [9.17, 15) is 14.4 Å². The number of nitrogens with zero attached hydrogens (tertiary/aromatic N) is 2. The van der Waals surface area contributed by atoms with Crippen molar-refractivity contribution in [3.8, 4) is 0 Å². The summed E-state index contributed by atoms with van der Waals surface area (Å²) in [4.78, 5) is 39.3. The van der Waals surface area contributed by atoms with Crippen molar-refractivity contribution in [2.75, 3.05) is 39.4 Å². The normalized spacial score (nSPS) is 14.3. The van der Waals surface area contributed by atoms with Crippen LogP contribution in [0.4, 0.5) is 4.79 Å². The van der Waals surface area contributed by atoms with Crippen molar-refractivity contribution in [1.29, 1.82) is 0 Å². The number of hydrogen-bond acceptors (Lipinski definition) is 6. The second kappa shape index (κ2) is 8.11. The van der Waals surface area contributed by atoms with Gasteiger partial charge in [0.25, 0.3) is 5.91 Å². The summed E-state index contributed by atoms with van der Waals surface area (Å²) in [5.41, 5.74) is 1.29. The summed E-state index contributed by atoms with van der Waals surface area (Å²) < 4.78 is 15.6. The lowest BCUT2D eigenvalue weighted by Crippen LogP contribution is -2.51. The molecule has 1 aromatic carbocycles.